The summed E-state index contributed by atoms with van der Waals surface area (Å²) >= 11 is 0. The molecule has 3 N–H and O–H groups in total. The zero-order chi connectivity index (χ0) is 19.2. The smallest absolute Gasteiger partial charge is 0.313 e. The number of benzene rings is 2. The molecule has 2 rings (SSSR count). The number of hydrogen-bond donors (Lipinski definition) is 2. The number of nitrogens with two attached hydrogens (primary N) is 1. The van der Waals surface area contributed by atoms with Crippen molar-refractivity contribution in [3.63, 3.8) is 0 Å². The van der Waals surface area contributed by atoms with Gasteiger partial charge < -0.3 is 10.1 Å². The Labute approximate surface area is 152 Å². The Morgan fingerprint density at radius 2 is 1.81 bits per heavy atom. The molecule has 138 valence electrons. The summed E-state index contributed by atoms with van der Waals surface area (Å²) in [4.78, 5) is 24.1. The first kappa shape index (κ1) is 19.6. The summed E-state index contributed by atoms with van der Waals surface area (Å²) in [7, 11) is -3.87. The van der Waals surface area contributed by atoms with E-state index in [0.717, 1.165) is 5.56 Å². The lowest BCUT2D eigenvalue weighted by molar-refractivity contribution is -0.149. The highest BCUT2D eigenvalue weighted by Crippen LogP contribution is 2.20. The van der Waals surface area contributed by atoms with E-state index in [9.17, 15) is 18.0 Å². The lowest BCUT2D eigenvalue weighted by Crippen LogP contribution is -2.24. The molecule has 2 aromatic carbocycles. The fourth-order valence-electron chi connectivity index (χ4n) is 2.41. The number of primary sulfonamides is 1. The molecular weight excluding hydrogens is 356 g/mol. The fraction of sp³-hybridized carbons (Fsp3) is 0.222. The highest BCUT2D eigenvalue weighted by Gasteiger charge is 2.21. The van der Waals surface area contributed by atoms with Crippen LogP contribution in [0.25, 0.3) is 0 Å². The Hall–Kier alpha value is -2.71. The maximum Gasteiger partial charge on any atom is 0.313 e. The highest BCUT2D eigenvalue weighted by atomic mass is 32.2. The second-order valence-corrected chi connectivity index (χ2v) is 7.16. The van der Waals surface area contributed by atoms with Crippen molar-refractivity contribution < 1.29 is 22.7 Å². The minimum absolute atomic E-state index is 0.123. The topological polar surface area (TPSA) is 116 Å². The molecule has 0 saturated carbocycles. The third kappa shape index (κ3) is 5.40. The zero-order valence-corrected chi connectivity index (χ0v) is 15.0. The van der Waals surface area contributed by atoms with Gasteiger partial charge in [-0.3, -0.25) is 9.59 Å². The van der Waals surface area contributed by atoms with Crippen molar-refractivity contribution in [2.75, 3.05) is 11.9 Å². The fourth-order valence-corrected chi connectivity index (χ4v) is 2.97. The van der Waals surface area contributed by atoms with Crippen LogP contribution in [-0.4, -0.2) is 26.9 Å². The third-order valence-electron chi connectivity index (χ3n) is 3.69. The zero-order valence-electron chi connectivity index (χ0n) is 14.2. The van der Waals surface area contributed by atoms with Gasteiger partial charge in [0.25, 0.3) is 5.91 Å². The molecule has 0 aliphatic heterocycles. The number of ether oxygens (including phenoxy) is 1. The number of amides is 1. The quantitative estimate of drug-likeness (QED) is 0.717. The van der Waals surface area contributed by atoms with Gasteiger partial charge in [-0.25, -0.2) is 13.6 Å². The largest absolute Gasteiger partial charge is 0.455 e. The van der Waals surface area contributed by atoms with Crippen molar-refractivity contribution in [3.8, 4) is 0 Å². The summed E-state index contributed by atoms with van der Waals surface area (Å²) in [5.41, 5.74) is 1.06. The van der Waals surface area contributed by atoms with Gasteiger partial charge >= 0.3 is 5.97 Å². The van der Waals surface area contributed by atoms with Crippen molar-refractivity contribution in [2.24, 2.45) is 5.14 Å². The SMILES string of the molecule is CC[C@@H](C(=O)OCC(=O)Nc1cccc(S(N)(=O)=O)c1)c1ccccc1. The van der Waals surface area contributed by atoms with Crippen molar-refractivity contribution in [3.05, 3.63) is 60.2 Å². The lowest BCUT2D eigenvalue weighted by Gasteiger charge is -2.14. The van der Waals surface area contributed by atoms with Gasteiger partial charge in [0.2, 0.25) is 10.0 Å². The summed E-state index contributed by atoms with van der Waals surface area (Å²) in [6, 6.07) is 14.7. The summed E-state index contributed by atoms with van der Waals surface area (Å²) in [5.74, 6) is -1.52. The van der Waals surface area contributed by atoms with E-state index in [1.165, 1.54) is 24.3 Å². The van der Waals surface area contributed by atoms with E-state index >= 15 is 0 Å². The van der Waals surface area contributed by atoms with Crippen LogP contribution in [0.5, 0.6) is 0 Å². The van der Waals surface area contributed by atoms with E-state index < -0.39 is 34.4 Å². The Bertz CT molecular complexity index is 881. The lowest BCUT2D eigenvalue weighted by atomic mass is 9.97. The van der Waals surface area contributed by atoms with Crippen LogP contribution in [0.1, 0.15) is 24.8 Å². The van der Waals surface area contributed by atoms with E-state index in [2.05, 4.69) is 5.32 Å². The Balaban J connectivity index is 1.95. The van der Waals surface area contributed by atoms with E-state index in [4.69, 9.17) is 9.88 Å². The predicted octanol–water partition coefficient (Wildman–Crippen LogP) is 2.01. The van der Waals surface area contributed by atoms with Crippen molar-refractivity contribution >= 4 is 27.6 Å². The van der Waals surface area contributed by atoms with Crippen LogP contribution in [0.2, 0.25) is 0 Å². The first-order valence-electron chi connectivity index (χ1n) is 7.95. The third-order valence-corrected chi connectivity index (χ3v) is 4.60. The molecule has 8 heteroatoms. The van der Waals surface area contributed by atoms with Crippen LogP contribution >= 0.6 is 0 Å². The summed E-state index contributed by atoms with van der Waals surface area (Å²) in [5, 5.41) is 7.52. The van der Waals surface area contributed by atoms with Gasteiger partial charge in [0, 0.05) is 5.69 Å². The van der Waals surface area contributed by atoms with E-state index in [-0.39, 0.29) is 10.6 Å². The molecule has 0 radical (unpaired) electrons. The van der Waals surface area contributed by atoms with Crippen LogP contribution in [-0.2, 0) is 24.3 Å². The number of esters is 1. The van der Waals surface area contributed by atoms with Crippen LogP contribution in [0.4, 0.5) is 5.69 Å². The van der Waals surface area contributed by atoms with E-state index in [0.29, 0.717) is 6.42 Å². The molecule has 0 aromatic heterocycles. The van der Waals surface area contributed by atoms with Gasteiger partial charge in [0.1, 0.15) is 0 Å². The van der Waals surface area contributed by atoms with Gasteiger partial charge in [-0.1, -0.05) is 43.3 Å². The van der Waals surface area contributed by atoms with Crippen molar-refractivity contribution in [1.29, 1.82) is 0 Å². The molecule has 26 heavy (non-hydrogen) atoms. The van der Waals surface area contributed by atoms with Gasteiger partial charge in [-0.15, -0.1) is 0 Å². The second kappa shape index (κ2) is 8.59. The Morgan fingerprint density at radius 1 is 1.12 bits per heavy atom. The molecule has 0 saturated heterocycles. The summed E-state index contributed by atoms with van der Waals surface area (Å²) < 4.78 is 27.7. The number of hydrogen-bond acceptors (Lipinski definition) is 5. The molecule has 1 amide bonds. The molecule has 0 unspecified atom stereocenters. The monoisotopic (exact) mass is 376 g/mol. The average molecular weight is 376 g/mol. The molecule has 0 fully saturated rings. The minimum atomic E-state index is -3.87. The molecule has 2 aromatic rings. The second-order valence-electron chi connectivity index (χ2n) is 5.60. The Morgan fingerprint density at radius 3 is 2.42 bits per heavy atom. The van der Waals surface area contributed by atoms with Crippen LogP contribution in [0.3, 0.4) is 0 Å². The van der Waals surface area contributed by atoms with Crippen LogP contribution in [0.15, 0.2) is 59.5 Å². The van der Waals surface area contributed by atoms with Gasteiger partial charge in [0.05, 0.1) is 10.8 Å². The van der Waals surface area contributed by atoms with E-state index in [1.54, 1.807) is 0 Å². The van der Waals surface area contributed by atoms with Gasteiger partial charge in [-0.05, 0) is 30.2 Å². The van der Waals surface area contributed by atoms with Gasteiger partial charge in [-0.2, -0.15) is 0 Å². The molecule has 1 atom stereocenters. The number of carbonyl (C=O) groups is 2. The maximum absolute atomic E-state index is 12.2. The van der Waals surface area contributed by atoms with Gasteiger partial charge in [0.15, 0.2) is 6.61 Å². The standard InChI is InChI=1S/C18H20N2O5S/c1-2-16(13-7-4-3-5-8-13)18(22)25-12-17(21)20-14-9-6-10-15(11-14)26(19,23)24/h3-11,16H,2,12H2,1H3,(H,20,21)(H2,19,23,24)/t16-/m1/s1. The first-order chi connectivity index (χ1) is 12.3. The number of carbonyl (C=O) groups excluding carboxylic acids is 2. The van der Waals surface area contributed by atoms with Crippen LogP contribution in [0, 0.1) is 0 Å². The molecule has 0 heterocycles. The summed E-state index contributed by atoms with van der Waals surface area (Å²) in [6.45, 7) is 1.39. The highest BCUT2D eigenvalue weighted by molar-refractivity contribution is 7.89. The van der Waals surface area contributed by atoms with Crippen molar-refractivity contribution in [2.45, 2.75) is 24.2 Å². The summed E-state index contributed by atoms with van der Waals surface area (Å²) in [6.07, 6.45) is 0.543. The number of sulfonamides is 1. The number of rotatable bonds is 7. The molecule has 0 aliphatic rings. The van der Waals surface area contributed by atoms with E-state index in [1.807, 2.05) is 37.3 Å². The number of anilines is 1. The molecule has 7 nitrogen and oxygen atoms in total. The average Bonchev–Trinajstić information content (AvgIpc) is 2.61. The maximum atomic E-state index is 12.2. The van der Waals surface area contributed by atoms with Crippen LogP contribution < -0.4 is 10.5 Å². The molecule has 0 spiro atoms. The molecule has 0 aliphatic carbocycles. The van der Waals surface area contributed by atoms with Crippen molar-refractivity contribution in [1.82, 2.24) is 0 Å². The normalized spacial score (nSPS) is 12.2. The Kier molecular flexibility index (Phi) is 6.48. The molecular formula is C18H20N2O5S. The first-order valence-corrected chi connectivity index (χ1v) is 9.50. The molecule has 0 bridgehead atoms. The number of nitrogens with one attached hydrogen (secondary N) is 1. The minimum Gasteiger partial charge on any atom is -0.455 e. The predicted molar refractivity (Wildman–Crippen MR) is 96.9 cm³/mol.